The van der Waals surface area contributed by atoms with Crippen LogP contribution in [0, 0.1) is 5.82 Å². The van der Waals surface area contributed by atoms with Crippen LogP contribution in [0.25, 0.3) is 0 Å². The van der Waals surface area contributed by atoms with Crippen LogP contribution in [0.15, 0.2) is 52.3 Å². The fraction of sp³-hybridized carbons (Fsp3) is 0.250. The molecular weight excluding hydrogens is 293 g/mol. The van der Waals surface area contributed by atoms with E-state index in [9.17, 15) is 4.39 Å². The standard InChI is InChI=1S/C16H17ClFNS/c1-3-19-11(2)15-10-13(18)7-8-16(15)20-14-6-4-5-12(17)9-14/h4-11,19H,3H2,1-2H3. The Bertz CT molecular complexity index is 588. The minimum absolute atomic E-state index is 0.109. The number of hydrogen-bond acceptors (Lipinski definition) is 2. The Morgan fingerprint density at radius 3 is 2.75 bits per heavy atom. The summed E-state index contributed by atoms with van der Waals surface area (Å²) in [5, 5.41) is 4.03. The van der Waals surface area contributed by atoms with Crippen LogP contribution in [0.5, 0.6) is 0 Å². The van der Waals surface area contributed by atoms with E-state index < -0.39 is 0 Å². The van der Waals surface area contributed by atoms with Crippen LogP contribution in [0.3, 0.4) is 0 Å². The zero-order valence-corrected chi connectivity index (χ0v) is 13.1. The summed E-state index contributed by atoms with van der Waals surface area (Å²) >= 11 is 7.60. The molecule has 2 aromatic rings. The maximum absolute atomic E-state index is 13.5. The topological polar surface area (TPSA) is 12.0 Å². The van der Waals surface area contributed by atoms with Gasteiger partial charge in [-0.1, -0.05) is 36.4 Å². The molecule has 2 aromatic carbocycles. The highest BCUT2D eigenvalue weighted by Crippen LogP contribution is 2.34. The highest BCUT2D eigenvalue weighted by molar-refractivity contribution is 7.99. The molecule has 0 aliphatic heterocycles. The van der Waals surface area contributed by atoms with Gasteiger partial charge in [0.15, 0.2) is 0 Å². The number of nitrogens with one attached hydrogen (secondary N) is 1. The Labute approximate surface area is 128 Å². The first kappa shape index (κ1) is 15.4. The van der Waals surface area contributed by atoms with E-state index in [2.05, 4.69) is 5.32 Å². The summed E-state index contributed by atoms with van der Waals surface area (Å²) in [5.41, 5.74) is 0.969. The van der Waals surface area contributed by atoms with Crippen molar-refractivity contribution in [1.82, 2.24) is 5.32 Å². The van der Waals surface area contributed by atoms with E-state index in [1.165, 1.54) is 6.07 Å². The molecule has 2 rings (SSSR count). The fourth-order valence-corrected chi connectivity index (χ4v) is 3.36. The molecule has 0 fully saturated rings. The van der Waals surface area contributed by atoms with Crippen molar-refractivity contribution in [3.63, 3.8) is 0 Å². The van der Waals surface area contributed by atoms with Crippen LogP contribution in [-0.2, 0) is 0 Å². The van der Waals surface area contributed by atoms with Crippen molar-refractivity contribution < 1.29 is 4.39 Å². The molecule has 0 radical (unpaired) electrons. The van der Waals surface area contributed by atoms with Gasteiger partial charge in [-0.2, -0.15) is 0 Å². The molecular formula is C16H17ClFNS. The summed E-state index contributed by atoms with van der Waals surface area (Å²) in [7, 11) is 0. The van der Waals surface area contributed by atoms with Gasteiger partial charge in [-0.25, -0.2) is 4.39 Å². The van der Waals surface area contributed by atoms with E-state index >= 15 is 0 Å². The lowest BCUT2D eigenvalue weighted by Gasteiger charge is -2.17. The Morgan fingerprint density at radius 2 is 2.05 bits per heavy atom. The third kappa shape index (κ3) is 3.98. The van der Waals surface area contributed by atoms with Crippen LogP contribution < -0.4 is 5.32 Å². The molecule has 20 heavy (non-hydrogen) atoms. The van der Waals surface area contributed by atoms with Crippen molar-refractivity contribution in [2.24, 2.45) is 0 Å². The van der Waals surface area contributed by atoms with Crippen molar-refractivity contribution in [2.45, 2.75) is 29.7 Å². The largest absolute Gasteiger partial charge is 0.310 e. The molecule has 1 atom stereocenters. The van der Waals surface area contributed by atoms with Crippen molar-refractivity contribution in [1.29, 1.82) is 0 Å². The molecule has 0 amide bonds. The third-order valence-corrected chi connectivity index (χ3v) is 4.29. The smallest absolute Gasteiger partial charge is 0.123 e. The van der Waals surface area contributed by atoms with Gasteiger partial charge in [-0.15, -0.1) is 0 Å². The lowest BCUT2D eigenvalue weighted by atomic mass is 10.1. The van der Waals surface area contributed by atoms with E-state index in [1.54, 1.807) is 17.8 Å². The number of benzene rings is 2. The van der Waals surface area contributed by atoms with Gasteiger partial charge < -0.3 is 5.32 Å². The Hall–Kier alpha value is -1.03. The summed E-state index contributed by atoms with van der Waals surface area (Å²) in [4.78, 5) is 2.09. The molecule has 4 heteroatoms. The molecule has 1 nitrogen and oxygen atoms in total. The van der Waals surface area contributed by atoms with Gasteiger partial charge in [-0.05, 0) is 55.4 Å². The zero-order valence-electron chi connectivity index (χ0n) is 11.5. The molecule has 0 spiro atoms. The van der Waals surface area contributed by atoms with Gasteiger partial charge in [0.1, 0.15) is 5.82 Å². The fourth-order valence-electron chi connectivity index (χ4n) is 2.02. The SMILES string of the molecule is CCNC(C)c1cc(F)ccc1Sc1cccc(Cl)c1. The molecule has 0 saturated heterocycles. The van der Waals surface area contributed by atoms with Crippen molar-refractivity contribution >= 4 is 23.4 Å². The van der Waals surface area contributed by atoms with E-state index in [0.717, 1.165) is 21.9 Å². The summed E-state index contributed by atoms with van der Waals surface area (Å²) in [6.07, 6.45) is 0. The molecule has 0 bridgehead atoms. The molecule has 0 saturated carbocycles. The van der Waals surface area contributed by atoms with Crippen LogP contribution in [0.2, 0.25) is 5.02 Å². The molecule has 1 N–H and O–H groups in total. The molecule has 0 aliphatic carbocycles. The molecule has 0 heterocycles. The Balaban J connectivity index is 2.31. The highest BCUT2D eigenvalue weighted by atomic mass is 35.5. The summed E-state index contributed by atoms with van der Waals surface area (Å²) in [5.74, 6) is -0.208. The maximum atomic E-state index is 13.5. The number of rotatable bonds is 5. The van der Waals surface area contributed by atoms with Gasteiger partial charge in [0, 0.05) is 20.9 Å². The second-order valence-electron chi connectivity index (χ2n) is 4.52. The first-order valence-corrected chi connectivity index (χ1v) is 7.76. The minimum Gasteiger partial charge on any atom is -0.310 e. The average Bonchev–Trinajstić information content (AvgIpc) is 2.41. The maximum Gasteiger partial charge on any atom is 0.123 e. The monoisotopic (exact) mass is 309 g/mol. The lowest BCUT2D eigenvalue weighted by molar-refractivity contribution is 0.574. The third-order valence-electron chi connectivity index (χ3n) is 2.97. The number of halogens is 2. The quantitative estimate of drug-likeness (QED) is 0.804. The molecule has 0 aromatic heterocycles. The van der Waals surface area contributed by atoms with Gasteiger partial charge in [-0.3, -0.25) is 0 Å². The van der Waals surface area contributed by atoms with E-state index in [4.69, 9.17) is 11.6 Å². The summed E-state index contributed by atoms with van der Waals surface area (Å²) in [6, 6.07) is 12.7. The van der Waals surface area contributed by atoms with Crippen LogP contribution >= 0.6 is 23.4 Å². The Kier molecular flexibility index (Phi) is 5.46. The normalized spacial score (nSPS) is 12.4. The molecule has 106 valence electrons. The van der Waals surface area contributed by atoms with E-state index in [-0.39, 0.29) is 11.9 Å². The minimum atomic E-state index is -0.208. The first-order chi connectivity index (χ1) is 9.60. The highest BCUT2D eigenvalue weighted by Gasteiger charge is 2.12. The van der Waals surface area contributed by atoms with E-state index in [1.807, 2.05) is 44.2 Å². The van der Waals surface area contributed by atoms with Crippen molar-refractivity contribution in [2.75, 3.05) is 6.54 Å². The van der Waals surface area contributed by atoms with Gasteiger partial charge in [0.05, 0.1) is 0 Å². The lowest BCUT2D eigenvalue weighted by Crippen LogP contribution is -2.18. The van der Waals surface area contributed by atoms with Crippen molar-refractivity contribution in [3.05, 3.63) is 58.9 Å². The van der Waals surface area contributed by atoms with Crippen molar-refractivity contribution in [3.8, 4) is 0 Å². The predicted molar refractivity (Wildman–Crippen MR) is 84.1 cm³/mol. The van der Waals surface area contributed by atoms with Crippen LogP contribution in [0.1, 0.15) is 25.5 Å². The second-order valence-corrected chi connectivity index (χ2v) is 6.07. The van der Waals surface area contributed by atoms with Gasteiger partial charge >= 0.3 is 0 Å². The van der Waals surface area contributed by atoms with Crippen LogP contribution in [0.4, 0.5) is 4.39 Å². The molecule has 0 aliphatic rings. The van der Waals surface area contributed by atoms with Gasteiger partial charge in [0.25, 0.3) is 0 Å². The van der Waals surface area contributed by atoms with Crippen LogP contribution in [-0.4, -0.2) is 6.54 Å². The molecule has 1 unspecified atom stereocenters. The van der Waals surface area contributed by atoms with Gasteiger partial charge in [0.2, 0.25) is 0 Å². The second kappa shape index (κ2) is 7.11. The predicted octanol–water partition coefficient (Wildman–Crippen LogP) is 5.30. The summed E-state index contributed by atoms with van der Waals surface area (Å²) < 4.78 is 13.5. The Morgan fingerprint density at radius 1 is 1.25 bits per heavy atom. The average molecular weight is 310 g/mol. The number of hydrogen-bond donors (Lipinski definition) is 1. The first-order valence-electron chi connectivity index (χ1n) is 6.56. The van der Waals surface area contributed by atoms with E-state index in [0.29, 0.717) is 5.02 Å². The summed E-state index contributed by atoms with van der Waals surface area (Å²) in [6.45, 7) is 4.93. The zero-order chi connectivity index (χ0) is 14.5.